The maximum atomic E-state index is 11.5. The Hall–Kier alpha value is -1.43. The van der Waals surface area contributed by atoms with E-state index in [1.807, 2.05) is 0 Å². The van der Waals surface area contributed by atoms with Crippen molar-refractivity contribution in [3.8, 4) is 0 Å². The Balaban J connectivity index is 1.72. The molecule has 0 bridgehead atoms. The van der Waals surface area contributed by atoms with E-state index in [9.17, 15) is 4.79 Å². The molecule has 17 heavy (non-hydrogen) atoms. The minimum absolute atomic E-state index is 0.109. The van der Waals surface area contributed by atoms with E-state index in [2.05, 4.69) is 20.5 Å². The molecule has 1 aromatic heterocycles. The molecule has 1 aromatic rings. The minimum Gasteiger partial charge on any atom is -0.272 e. The molecule has 6 heteroatoms. The van der Waals surface area contributed by atoms with Crippen LogP contribution in [0.3, 0.4) is 0 Å². The molecule has 1 N–H and O–H groups in total. The van der Waals surface area contributed by atoms with Gasteiger partial charge in [0.05, 0.1) is 5.75 Å². The first kappa shape index (κ1) is 12.0. The molecule has 0 unspecified atom stereocenters. The van der Waals surface area contributed by atoms with Crippen LogP contribution in [0.5, 0.6) is 0 Å². The van der Waals surface area contributed by atoms with Crippen LogP contribution in [0.4, 0.5) is 0 Å². The van der Waals surface area contributed by atoms with Crippen molar-refractivity contribution in [2.45, 2.75) is 30.8 Å². The van der Waals surface area contributed by atoms with Crippen LogP contribution in [0, 0.1) is 0 Å². The van der Waals surface area contributed by atoms with Gasteiger partial charge >= 0.3 is 0 Å². The highest BCUT2D eigenvalue weighted by molar-refractivity contribution is 7.99. The van der Waals surface area contributed by atoms with Crippen LogP contribution < -0.4 is 5.43 Å². The number of thioether (sulfide) groups is 1. The zero-order chi connectivity index (χ0) is 11.9. The maximum Gasteiger partial charge on any atom is 0.250 e. The first-order chi connectivity index (χ1) is 8.34. The average molecular weight is 250 g/mol. The van der Waals surface area contributed by atoms with Crippen LogP contribution in [-0.2, 0) is 4.79 Å². The van der Waals surface area contributed by atoms with Crippen LogP contribution in [0.1, 0.15) is 25.7 Å². The number of hydrogen-bond acceptors (Lipinski definition) is 5. The van der Waals surface area contributed by atoms with Crippen molar-refractivity contribution in [1.29, 1.82) is 0 Å². The summed E-state index contributed by atoms with van der Waals surface area (Å²) < 4.78 is 0. The van der Waals surface area contributed by atoms with E-state index in [0.717, 1.165) is 18.6 Å². The Kier molecular flexibility index (Phi) is 4.49. The normalized spacial score (nSPS) is 14.7. The summed E-state index contributed by atoms with van der Waals surface area (Å²) in [7, 11) is 0. The number of hydrogen-bond donors (Lipinski definition) is 1. The van der Waals surface area contributed by atoms with E-state index < -0.39 is 0 Å². The molecule has 0 saturated heterocycles. The number of carbonyl (C=O) groups excluding carboxylic acids is 1. The number of hydrazone groups is 1. The summed E-state index contributed by atoms with van der Waals surface area (Å²) in [5, 5.41) is 4.71. The van der Waals surface area contributed by atoms with E-state index in [1.54, 1.807) is 18.5 Å². The number of rotatable bonds is 4. The molecule has 2 rings (SSSR count). The lowest BCUT2D eigenvalue weighted by molar-refractivity contribution is -0.118. The topological polar surface area (TPSA) is 67.2 Å². The number of nitrogens with zero attached hydrogens (tertiary/aromatic N) is 3. The number of carbonyl (C=O) groups is 1. The number of aromatic nitrogens is 2. The average Bonchev–Trinajstić information content (AvgIpc) is 2.88. The SMILES string of the molecule is O=C(CSc1ncccn1)NN=C1CCCC1. The van der Waals surface area contributed by atoms with Gasteiger partial charge < -0.3 is 0 Å². The lowest BCUT2D eigenvalue weighted by atomic mass is 10.3. The predicted octanol–water partition coefficient (Wildman–Crippen LogP) is 1.61. The molecular weight excluding hydrogens is 236 g/mol. The van der Waals surface area contributed by atoms with Gasteiger partial charge in [-0.3, -0.25) is 4.79 Å². The Bertz CT molecular complexity index is 399. The standard InChI is InChI=1S/C11H14N4OS/c16-10(15-14-9-4-1-2-5-9)8-17-11-12-6-3-7-13-11/h3,6-7H,1-2,4-5,8H2,(H,15,16). The molecular formula is C11H14N4OS. The molecule has 1 heterocycles. The van der Waals surface area contributed by atoms with E-state index >= 15 is 0 Å². The van der Waals surface area contributed by atoms with Gasteiger partial charge in [0, 0.05) is 18.1 Å². The molecule has 1 saturated carbocycles. The second kappa shape index (κ2) is 6.34. The van der Waals surface area contributed by atoms with Crippen molar-refractivity contribution in [1.82, 2.24) is 15.4 Å². The molecule has 0 atom stereocenters. The van der Waals surface area contributed by atoms with Crippen LogP contribution in [0.2, 0.25) is 0 Å². The summed E-state index contributed by atoms with van der Waals surface area (Å²) in [4.78, 5) is 19.5. The molecule has 0 aromatic carbocycles. The predicted molar refractivity (Wildman–Crippen MR) is 66.8 cm³/mol. The van der Waals surface area contributed by atoms with Crippen molar-refractivity contribution in [2.75, 3.05) is 5.75 Å². The summed E-state index contributed by atoms with van der Waals surface area (Å²) >= 11 is 1.31. The quantitative estimate of drug-likeness (QED) is 0.501. The summed E-state index contributed by atoms with van der Waals surface area (Å²) in [5.41, 5.74) is 3.66. The van der Waals surface area contributed by atoms with Crippen LogP contribution in [0.15, 0.2) is 28.7 Å². The largest absolute Gasteiger partial charge is 0.272 e. The van der Waals surface area contributed by atoms with Crippen LogP contribution in [-0.4, -0.2) is 27.3 Å². The molecule has 5 nitrogen and oxygen atoms in total. The molecule has 1 aliphatic rings. The van der Waals surface area contributed by atoms with Gasteiger partial charge in [0.1, 0.15) is 0 Å². The first-order valence-corrected chi connectivity index (χ1v) is 6.57. The van der Waals surface area contributed by atoms with Gasteiger partial charge in [-0.05, 0) is 31.7 Å². The summed E-state index contributed by atoms with van der Waals surface area (Å²) in [5.74, 6) is 0.183. The van der Waals surface area contributed by atoms with Crippen molar-refractivity contribution >= 4 is 23.4 Å². The molecule has 0 aliphatic heterocycles. The molecule has 0 spiro atoms. The minimum atomic E-state index is -0.109. The molecule has 1 aliphatic carbocycles. The Morgan fingerprint density at radius 3 is 2.76 bits per heavy atom. The van der Waals surface area contributed by atoms with Gasteiger partial charge in [-0.2, -0.15) is 5.10 Å². The molecule has 90 valence electrons. The number of nitrogens with one attached hydrogen (secondary N) is 1. The highest BCUT2D eigenvalue weighted by Crippen LogP contribution is 2.14. The molecule has 1 amide bonds. The Labute approximate surface area is 104 Å². The van der Waals surface area contributed by atoms with E-state index in [0.29, 0.717) is 10.9 Å². The van der Waals surface area contributed by atoms with E-state index in [4.69, 9.17) is 0 Å². The zero-order valence-electron chi connectivity index (χ0n) is 9.43. The van der Waals surface area contributed by atoms with Crippen molar-refractivity contribution < 1.29 is 4.79 Å². The smallest absolute Gasteiger partial charge is 0.250 e. The van der Waals surface area contributed by atoms with Gasteiger partial charge in [-0.1, -0.05) is 11.8 Å². The fourth-order valence-electron chi connectivity index (χ4n) is 1.56. The van der Waals surface area contributed by atoms with Gasteiger partial charge in [0.2, 0.25) is 0 Å². The highest BCUT2D eigenvalue weighted by Gasteiger charge is 2.09. The van der Waals surface area contributed by atoms with Crippen LogP contribution >= 0.6 is 11.8 Å². The lowest BCUT2D eigenvalue weighted by Crippen LogP contribution is -2.21. The monoisotopic (exact) mass is 250 g/mol. The zero-order valence-corrected chi connectivity index (χ0v) is 10.2. The molecule has 1 fully saturated rings. The summed E-state index contributed by atoms with van der Waals surface area (Å²) in [6, 6.07) is 1.75. The lowest BCUT2D eigenvalue weighted by Gasteiger charge is -2.00. The Morgan fingerprint density at radius 1 is 1.35 bits per heavy atom. The van der Waals surface area contributed by atoms with Crippen molar-refractivity contribution in [3.05, 3.63) is 18.5 Å². The third-order valence-electron chi connectivity index (χ3n) is 2.39. The van der Waals surface area contributed by atoms with Gasteiger partial charge in [-0.25, -0.2) is 15.4 Å². The third kappa shape index (κ3) is 4.14. The first-order valence-electron chi connectivity index (χ1n) is 5.59. The second-order valence-electron chi connectivity index (χ2n) is 3.74. The van der Waals surface area contributed by atoms with Gasteiger partial charge in [-0.15, -0.1) is 0 Å². The van der Waals surface area contributed by atoms with Gasteiger partial charge in [0.15, 0.2) is 5.16 Å². The summed E-state index contributed by atoms with van der Waals surface area (Å²) in [6.07, 6.45) is 7.70. The van der Waals surface area contributed by atoms with Crippen LogP contribution in [0.25, 0.3) is 0 Å². The van der Waals surface area contributed by atoms with Gasteiger partial charge in [0.25, 0.3) is 5.91 Å². The highest BCUT2D eigenvalue weighted by atomic mass is 32.2. The Morgan fingerprint density at radius 2 is 2.06 bits per heavy atom. The molecule has 0 radical (unpaired) electrons. The van der Waals surface area contributed by atoms with Crippen molar-refractivity contribution in [3.63, 3.8) is 0 Å². The number of amides is 1. The van der Waals surface area contributed by atoms with E-state index in [-0.39, 0.29) is 5.91 Å². The van der Waals surface area contributed by atoms with Crippen molar-refractivity contribution in [2.24, 2.45) is 5.10 Å². The second-order valence-corrected chi connectivity index (χ2v) is 4.68. The summed E-state index contributed by atoms with van der Waals surface area (Å²) in [6.45, 7) is 0. The third-order valence-corrected chi connectivity index (χ3v) is 3.27. The fraction of sp³-hybridized carbons (Fsp3) is 0.455. The fourth-order valence-corrected chi connectivity index (χ4v) is 2.15. The maximum absolute atomic E-state index is 11.5. The van der Waals surface area contributed by atoms with E-state index in [1.165, 1.54) is 24.6 Å².